The maximum Gasteiger partial charge on any atom is 0.315 e. The van der Waals surface area contributed by atoms with E-state index in [1.165, 1.54) is 5.57 Å². The van der Waals surface area contributed by atoms with Crippen molar-refractivity contribution >= 4 is 5.97 Å². The third-order valence-corrected chi connectivity index (χ3v) is 2.96. The summed E-state index contributed by atoms with van der Waals surface area (Å²) in [6, 6.07) is 9.64. The van der Waals surface area contributed by atoms with Crippen LogP contribution in [0.4, 0.5) is 0 Å². The predicted octanol–water partition coefficient (Wildman–Crippen LogP) is 4.81. The molecule has 2 nitrogen and oxygen atoms in total. The largest absolute Gasteiger partial charge is 0.431 e. The van der Waals surface area contributed by atoms with E-state index in [-0.39, 0.29) is 5.97 Å². The number of unbranched alkanes of at least 4 members (excludes halogenated alkanes) is 2. The molecule has 0 unspecified atom stereocenters. The minimum Gasteiger partial charge on any atom is -0.431 e. The van der Waals surface area contributed by atoms with Gasteiger partial charge in [-0.2, -0.15) is 0 Å². The van der Waals surface area contributed by atoms with Gasteiger partial charge in [0.2, 0.25) is 0 Å². The first kappa shape index (κ1) is 16.2. The Bertz CT molecular complexity index is 458. The minimum atomic E-state index is -0.202. The average molecular weight is 272 g/mol. The van der Waals surface area contributed by atoms with Crippen LogP contribution in [0.25, 0.3) is 0 Å². The first-order valence-electron chi connectivity index (χ1n) is 7.13. The topological polar surface area (TPSA) is 26.3 Å². The van der Waals surface area contributed by atoms with E-state index in [1.54, 1.807) is 0 Å². The number of rotatable bonds is 8. The monoisotopic (exact) mass is 272 g/mol. The van der Waals surface area contributed by atoms with Crippen molar-refractivity contribution < 1.29 is 9.53 Å². The molecule has 0 radical (unpaired) electrons. The van der Waals surface area contributed by atoms with Gasteiger partial charge in [0.05, 0.1) is 6.42 Å². The molecule has 20 heavy (non-hydrogen) atoms. The normalized spacial score (nSPS) is 11.2. The lowest BCUT2D eigenvalue weighted by molar-refractivity contribution is -0.138. The van der Waals surface area contributed by atoms with E-state index >= 15 is 0 Å². The zero-order valence-corrected chi connectivity index (χ0v) is 12.5. The Balaban J connectivity index is 2.25. The molecular formula is C18H24O2. The van der Waals surface area contributed by atoms with Crippen molar-refractivity contribution in [2.45, 2.75) is 46.0 Å². The number of benzene rings is 1. The number of hydrogen-bond donors (Lipinski definition) is 0. The lowest BCUT2D eigenvalue weighted by Gasteiger charge is -2.05. The molecular weight excluding hydrogens is 248 g/mol. The van der Waals surface area contributed by atoms with Gasteiger partial charge in [-0.1, -0.05) is 35.9 Å². The van der Waals surface area contributed by atoms with Crippen LogP contribution in [0.15, 0.2) is 54.3 Å². The molecule has 0 aliphatic heterocycles. The predicted molar refractivity (Wildman–Crippen MR) is 83.3 cm³/mol. The van der Waals surface area contributed by atoms with E-state index in [2.05, 4.69) is 6.58 Å². The van der Waals surface area contributed by atoms with Crippen LogP contribution in [-0.4, -0.2) is 5.97 Å². The summed E-state index contributed by atoms with van der Waals surface area (Å²) in [4.78, 5) is 11.7. The molecule has 0 aliphatic rings. The van der Waals surface area contributed by atoms with Crippen LogP contribution in [0.3, 0.4) is 0 Å². The maximum absolute atomic E-state index is 11.7. The van der Waals surface area contributed by atoms with Crippen LogP contribution in [-0.2, 0) is 16.0 Å². The summed E-state index contributed by atoms with van der Waals surface area (Å²) >= 11 is 0. The highest BCUT2D eigenvalue weighted by Crippen LogP contribution is 2.09. The molecule has 0 heterocycles. The van der Waals surface area contributed by atoms with Crippen molar-refractivity contribution in [3.63, 3.8) is 0 Å². The highest BCUT2D eigenvalue weighted by Gasteiger charge is 2.05. The number of carbonyl (C=O) groups excluding carboxylic acids is 1. The second-order valence-corrected chi connectivity index (χ2v) is 5.15. The zero-order chi connectivity index (χ0) is 14.8. The Morgan fingerprint density at radius 1 is 1.20 bits per heavy atom. The van der Waals surface area contributed by atoms with Gasteiger partial charge in [0.25, 0.3) is 0 Å². The van der Waals surface area contributed by atoms with Crippen molar-refractivity contribution in [3.05, 3.63) is 59.9 Å². The van der Waals surface area contributed by atoms with Gasteiger partial charge >= 0.3 is 5.97 Å². The highest BCUT2D eigenvalue weighted by atomic mass is 16.5. The van der Waals surface area contributed by atoms with Crippen LogP contribution in [0.2, 0.25) is 0 Å². The summed E-state index contributed by atoms with van der Waals surface area (Å²) in [6.07, 6.45) is 6.55. The van der Waals surface area contributed by atoms with Gasteiger partial charge in [0, 0.05) is 0 Å². The van der Waals surface area contributed by atoms with Crippen molar-refractivity contribution in [1.82, 2.24) is 0 Å². The van der Waals surface area contributed by atoms with Crippen molar-refractivity contribution in [2.24, 2.45) is 0 Å². The van der Waals surface area contributed by atoms with E-state index in [4.69, 9.17) is 4.74 Å². The van der Waals surface area contributed by atoms with Crippen LogP contribution in [0.1, 0.15) is 45.1 Å². The second kappa shape index (κ2) is 9.13. The molecule has 0 atom stereocenters. The molecule has 2 heteroatoms. The van der Waals surface area contributed by atoms with Crippen molar-refractivity contribution in [1.29, 1.82) is 0 Å². The maximum atomic E-state index is 11.7. The molecule has 0 saturated carbocycles. The molecule has 0 spiro atoms. The summed E-state index contributed by atoms with van der Waals surface area (Å²) in [5.74, 6) is 0.494. The fourth-order valence-electron chi connectivity index (χ4n) is 1.90. The van der Waals surface area contributed by atoms with Crippen LogP contribution in [0, 0.1) is 0 Å². The molecule has 108 valence electrons. The standard InChI is InChI=1S/C18H24O2/c1-15(2)10-6-4-7-11-16(3)20-18(19)14-17-12-8-5-9-13-17/h5,8-9,11-13H,1,4,6-7,10,14H2,2-3H3/b16-11+. The van der Waals surface area contributed by atoms with Gasteiger partial charge in [-0.3, -0.25) is 4.79 Å². The quantitative estimate of drug-likeness (QED) is 0.294. The summed E-state index contributed by atoms with van der Waals surface area (Å²) in [6.45, 7) is 7.77. The van der Waals surface area contributed by atoms with Crippen molar-refractivity contribution in [3.8, 4) is 0 Å². The molecule has 0 N–H and O–H groups in total. The minimum absolute atomic E-state index is 0.202. The van der Waals surface area contributed by atoms with Crippen molar-refractivity contribution in [2.75, 3.05) is 0 Å². The first-order valence-corrected chi connectivity index (χ1v) is 7.13. The highest BCUT2D eigenvalue weighted by molar-refractivity contribution is 5.73. The van der Waals surface area contributed by atoms with Crippen LogP contribution < -0.4 is 0 Å². The summed E-state index contributed by atoms with van der Waals surface area (Å²) < 4.78 is 5.29. The number of esters is 1. The number of ether oxygens (including phenoxy) is 1. The Morgan fingerprint density at radius 3 is 2.55 bits per heavy atom. The van der Waals surface area contributed by atoms with Gasteiger partial charge in [0.15, 0.2) is 0 Å². The molecule has 0 bridgehead atoms. The van der Waals surface area contributed by atoms with E-state index in [0.29, 0.717) is 12.2 Å². The van der Waals surface area contributed by atoms with Gasteiger partial charge < -0.3 is 4.74 Å². The second-order valence-electron chi connectivity index (χ2n) is 5.15. The Hall–Kier alpha value is -1.83. The molecule has 1 aromatic rings. The van der Waals surface area contributed by atoms with Gasteiger partial charge in [0.1, 0.15) is 5.76 Å². The van der Waals surface area contributed by atoms with Gasteiger partial charge in [-0.15, -0.1) is 6.58 Å². The SMILES string of the molecule is C=C(C)CCCC/C=C(\C)OC(=O)Cc1ccccc1. The zero-order valence-electron chi connectivity index (χ0n) is 12.5. The number of hydrogen-bond acceptors (Lipinski definition) is 2. The summed E-state index contributed by atoms with van der Waals surface area (Å²) in [5.41, 5.74) is 2.20. The molecule has 1 rings (SSSR count). The van der Waals surface area contributed by atoms with E-state index in [9.17, 15) is 4.79 Å². The first-order chi connectivity index (χ1) is 9.58. The molecule has 0 amide bonds. The number of allylic oxidation sites excluding steroid dienone is 3. The van der Waals surface area contributed by atoms with Crippen LogP contribution in [0.5, 0.6) is 0 Å². The molecule has 0 aromatic heterocycles. The Labute approximate surface area is 122 Å². The van der Waals surface area contributed by atoms with Crippen LogP contribution >= 0.6 is 0 Å². The van der Waals surface area contributed by atoms with E-state index < -0.39 is 0 Å². The van der Waals surface area contributed by atoms with Gasteiger partial charge in [-0.05, 0) is 51.2 Å². The molecule has 1 aromatic carbocycles. The average Bonchev–Trinajstić information content (AvgIpc) is 2.38. The third-order valence-electron chi connectivity index (χ3n) is 2.96. The fourth-order valence-corrected chi connectivity index (χ4v) is 1.90. The Morgan fingerprint density at radius 2 is 1.90 bits per heavy atom. The fraction of sp³-hybridized carbons (Fsp3) is 0.389. The summed E-state index contributed by atoms with van der Waals surface area (Å²) in [5, 5.41) is 0. The smallest absolute Gasteiger partial charge is 0.315 e. The lowest BCUT2D eigenvalue weighted by Crippen LogP contribution is -2.06. The molecule has 0 fully saturated rings. The van der Waals surface area contributed by atoms with E-state index in [0.717, 1.165) is 31.2 Å². The third kappa shape index (κ3) is 7.57. The van der Waals surface area contributed by atoms with Gasteiger partial charge in [-0.25, -0.2) is 0 Å². The number of carbonyl (C=O) groups is 1. The Kier molecular flexibility index (Phi) is 7.41. The molecule has 0 saturated heterocycles. The van der Waals surface area contributed by atoms with E-state index in [1.807, 2.05) is 50.3 Å². The summed E-state index contributed by atoms with van der Waals surface area (Å²) in [7, 11) is 0. The molecule has 0 aliphatic carbocycles. The lowest BCUT2D eigenvalue weighted by atomic mass is 10.1.